The highest BCUT2D eigenvalue weighted by Gasteiger charge is 2.23. The molecule has 0 spiro atoms. The van der Waals surface area contributed by atoms with Crippen molar-refractivity contribution in [1.29, 1.82) is 0 Å². The molecule has 0 saturated carbocycles. The van der Waals surface area contributed by atoms with Crippen molar-refractivity contribution >= 4 is 11.6 Å². The van der Waals surface area contributed by atoms with Crippen LogP contribution < -0.4 is 5.32 Å². The maximum Gasteiger partial charge on any atom is 0.0710 e. The summed E-state index contributed by atoms with van der Waals surface area (Å²) in [5, 5.41) is 4.50. The third-order valence-electron chi connectivity index (χ3n) is 4.22. The van der Waals surface area contributed by atoms with Gasteiger partial charge in [-0.05, 0) is 37.4 Å². The Bertz CT molecular complexity index is 427. The van der Waals surface area contributed by atoms with Gasteiger partial charge >= 0.3 is 0 Å². The van der Waals surface area contributed by atoms with Crippen LogP contribution in [0.4, 0.5) is 0 Å². The van der Waals surface area contributed by atoms with Crippen molar-refractivity contribution in [2.24, 2.45) is 0 Å². The summed E-state index contributed by atoms with van der Waals surface area (Å²) in [6.07, 6.45) is 3.78. The molecule has 21 heavy (non-hydrogen) atoms. The molecule has 0 amide bonds. The molecule has 2 unspecified atom stereocenters. The maximum absolute atomic E-state index is 6.37. The highest BCUT2D eigenvalue weighted by molar-refractivity contribution is 6.31. The Balaban J connectivity index is 1.92. The van der Waals surface area contributed by atoms with E-state index in [9.17, 15) is 0 Å². The van der Waals surface area contributed by atoms with Crippen LogP contribution in [0, 0.1) is 0 Å². The summed E-state index contributed by atoms with van der Waals surface area (Å²) in [5.74, 6) is 0. The van der Waals surface area contributed by atoms with Crippen LogP contribution in [0.5, 0.6) is 0 Å². The van der Waals surface area contributed by atoms with Crippen LogP contribution in [0.2, 0.25) is 5.02 Å². The first-order valence-electron chi connectivity index (χ1n) is 7.97. The van der Waals surface area contributed by atoms with Crippen LogP contribution >= 0.6 is 11.6 Å². The van der Waals surface area contributed by atoms with Gasteiger partial charge in [-0.3, -0.25) is 0 Å². The molecule has 2 atom stereocenters. The van der Waals surface area contributed by atoms with E-state index in [4.69, 9.17) is 16.3 Å². The summed E-state index contributed by atoms with van der Waals surface area (Å²) in [7, 11) is 1.81. The van der Waals surface area contributed by atoms with Gasteiger partial charge in [-0.1, -0.05) is 36.7 Å². The highest BCUT2D eigenvalue weighted by atomic mass is 35.5. The Kier molecular flexibility index (Phi) is 6.97. The van der Waals surface area contributed by atoms with E-state index in [0.29, 0.717) is 12.1 Å². The van der Waals surface area contributed by atoms with Crippen LogP contribution in [-0.4, -0.2) is 44.3 Å². The van der Waals surface area contributed by atoms with Gasteiger partial charge < -0.3 is 15.0 Å². The number of hydrogen-bond acceptors (Lipinski definition) is 3. The second-order valence-corrected chi connectivity index (χ2v) is 6.17. The number of ether oxygens (including phenoxy) is 1. The summed E-state index contributed by atoms with van der Waals surface area (Å²) >= 11 is 6.37. The Morgan fingerprint density at radius 1 is 1.43 bits per heavy atom. The number of methoxy groups -OCH3 is 1. The van der Waals surface area contributed by atoms with Crippen LogP contribution in [0.3, 0.4) is 0 Å². The fourth-order valence-electron chi connectivity index (χ4n) is 2.95. The first kappa shape index (κ1) is 16.8. The molecular weight excluding hydrogens is 284 g/mol. The zero-order valence-corrected chi connectivity index (χ0v) is 13.9. The lowest BCUT2D eigenvalue weighted by Crippen LogP contribution is -2.29. The summed E-state index contributed by atoms with van der Waals surface area (Å²) in [6, 6.07) is 8.51. The molecule has 0 aromatic heterocycles. The van der Waals surface area contributed by atoms with Gasteiger partial charge in [0.1, 0.15) is 0 Å². The molecule has 4 heteroatoms. The van der Waals surface area contributed by atoms with Gasteiger partial charge in [0.05, 0.1) is 6.10 Å². The molecule has 1 aliphatic rings. The normalized spacial score (nSPS) is 20.8. The largest absolute Gasteiger partial charge is 0.380 e. The number of benzene rings is 1. The second-order valence-electron chi connectivity index (χ2n) is 5.76. The summed E-state index contributed by atoms with van der Waals surface area (Å²) in [6.45, 7) is 6.50. The molecule has 3 nitrogen and oxygen atoms in total. The van der Waals surface area contributed by atoms with Crippen molar-refractivity contribution in [3.63, 3.8) is 0 Å². The van der Waals surface area contributed by atoms with Crippen molar-refractivity contribution in [2.45, 2.75) is 38.3 Å². The fraction of sp³-hybridized carbons (Fsp3) is 0.647. The Labute approximate surface area is 133 Å². The lowest BCUT2D eigenvalue weighted by atomic mass is 10.0. The number of nitrogens with zero attached hydrogens (tertiary/aromatic N) is 1. The van der Waals surface area contributed by atoms with Crippen molar-refractivity contribution < 1.29 is 4.74 Å². The molecule has 0 radical (unpaired) electrons. The number of rotatable bonds is 8. The van der Waals surface area contributed by atoms with E-state index in [1.54, 1.807) is 0 Å². The quantitative estimate of drug-likeness (QED) is 0.795. The summed E-state index contributed by atoms with van der Waals surface area (Å²) < 4.78 is 5.44. The van der Waals surface area contributed by atoms with Crippen LogP contribution in [0.15, 0.2) is 24.3 Å². The van der Waals surface area contributed by atoms with Crippen molar-refractivity contribution in [3.05, 3.63) is 34.9 Å². The predicted octanol–water partition coefficient (Wildman–Crippen LogP) is 3.49. The third-order valence-corrected chi connectivity index (χ3v) is 4.56. The maximum atomic E-state index is 6.37. The Morgan fingerprint density at radius 3 is 2.90 bits per heavy atom. The van der Waals surface area contributed by atoms with E-state index in [-0.39, 0.29) is 0 Å². The molecule has 0 aliphatic carbocycles. The molecule has 1 aromatic rings. The molecule has 1 heterocycles. The molecule has 1 aliphatic heterocycles. The monoisotopic (exact) mass is 310 g/mol. The molecule has 1 saturated heterocycles. The van der Waals surface area contributed by atoms with Crippen LogP contribution in [0.25, 0.3) is 0 Å². The van der Waals surface area contributed by atoms with Crippen LogP contribution in [0.1, 0.15) is 37.8 Å². The number of hydrogen-bond donors (Lipinski definition) is 1. The van der Waals surface area contributed by atoms with Gasteiger partial charge in [0, 0.05) is 37.8 Å². The SMILES string of the molecule is CCCNC(CCN1CCC(OC)C1)c1ccccc1Cl. The molecule has 1 aromatic carbocycles. The minimum Gasteiger partial charge on any atom is -0.380 e. The molecular formula is C17H27ClN2O. The standard InChI is InChI=1S/C17H27ClN2O/c1-3-10-19-17(15-6-4-5-7-16(15)18)9-12-20-11-8-14(13-20)21-2/h4-7,14,17,19H,3,8-13H2,1-2H3. The molecule has 118 valence electrons. The van der Waals surface area contributed by atoms with E-state index in [1.165, 1.54) is 5.56 Å². The Hall–Kier alpha value is -0.610. The molecule has 1 fully saturated rings. The van der Waals surface area contributed by atoms with E-state index in [1.807, 2.05) is 19.2 Å². The van der Waals surface area contributed by atoms with E-state index < -0.39 is 0 Å². The molecule has 2 rings (SSSR count). The minimum absolute atomic E-state index is 0.334. The van der Waals surface area contributed by atoms with E-state index in [0.717, 1.165) is 50.5 Å². The van der Waals surface area contributed by atoms with Gasteiger partial charge in [-0.2, -0.15) is 0 Å². The lowest BCUT2D eigenvalue weighted by Gasteiger charge is -2.23. The van der Waals surface area contributed by atoms with Crippen molar-refractivity contribution in [2.75, 3.05) is 33.3 Å². The van der Waals surface area contributed by atoms with Crippen molar-refractivity contribution in [1.82, 2.24) is 10.2 Å². The second kappa shape index (κ2) is 8.74. The molecule has 1 N–H and O–H groups in total. The number of likely N-dealkylation sites (tertiary alicyclic amines) is 1. The van der Waals surface area contributed by atoms with Gasteiger partial charge in [0.15, 0.2) is 0 Å². The highest BCUT2D eigenvalue weighted by Crippen LogP contribution is 2.26. The average molecular weight is 311 g/mol. The van der Waals surface area contributed by atoms with E-state index >= 15 is 0 Å². The zero-order valence-electron chi connectivity index (χ0n) is 13.1. The number of nitrogens with one attached hydrogen (secondary N) is 1. The zero-order chi connectivity index (χ0) is 15.1. The van der Waals surface area contributed by atoms with Crippen molar-refractivity contribution in [3.8, 4) is 0 Å². The first-order chi connectivity index (χ1) is 10.2. The van der Waals surface area contributed by atoms with Crippen LogP contribution in [-0.2, 0) is 4.74 Å². The summed E-state index contributed by atoms with van der Waals surface area (Å²) in [4.78, 5) is 2.49. The lowest BCUT2D eigenvalue weighted by molar-refractivity contribution is 0.107. The predicted molar refractivity (Wildman–Crippen MR) is 89.0 cm³/mol. The topological polar surface area (TPSA) is 24.5 Å². The summed E-state index contributed by atoms with van der Waals surface area (Å²) in [5.41, 5.74) is 1.22. The number of halogens is 1. The third kappa shape index (κ3) is 4.96. The smallest absolute Gasteiger partial charge is 0.0710 e. The van der Waals surface area contributed by atoms with Gasteiger partial charge in [0.2, 0.25) is 0 Å². The molecule has 0 bridgehead atoms. The minimum atomic E-state index is 0.334. The van der Waals surface area contributed by atoms with Gasteiger partial charge in [-0.15, -0.1) is 0 Å². The first-order valence-corrected chi connectivity index (χ1v) is 8.35. The van der Waals surface area contributed by atoms with Gasteiger partial charge in [0.25, 0.3) is 0 Å². The van der Waals surface area contributed by atoms with E-state index in [2.05, 4.69) is 29.3 Å². The Morgan fingerprint density at radius 2 is 2.24 bits per heavy atom. The fourth-order valence-corrected chi connectivity index (χ4v) is 3.22. The average Bonchev–Trinajstić information content (AvgIpc) is 2.96. The van der Waals surface area contributed by atoms with Gasteiger partial charge in [-0.25, -0.2) is 0 Å².